The van der Waals surface area contributed by atoms with Crippen molar-refractivity contribution in [2.45, 2.75) is 17.8 Å². The van der Waals surface area contributed by atoms with E-state index in [1.54, 1.807) is 23.1 Å². The van der Waals surface area contributed by atoms with Crippen molar-refractivity contribution in [3.05, 3.63) is 58.3 Å². The highest BCUT2D eigenvalue weighted by molar-refractivity contribution is 7.98. The van der Waals surface area contributed by atoms with Crippen molar-refractivity contribution in [1.82, 2.24) is 19.7 Å². The molecule has 0 bridgehead atoms. The first-order valence-corrected chi connectivity index (χ1v) is 10.1. The molecule has 3 heterocycles. The van der Waals surface area contributed by atoms with Crippen molar-refractivity contribution >= 4 is 34.7 Å². The minimum atomic E-state index is 0.660. The Morgan fingerprint density at radius 3 is 2.81 bits per heavy atom. The largest absolute Gasteiger partial charge is 0.440 e. The molecule has 0 N–H and O–H groups in total. The second-order valence-electron chi connectivity index (χ2n) is 5.63. The van der Waals surface area contributed by atoms with Gasteiger partial charge in [-0.05, 0) is 30.5 Å². The minimum absolute atomic E-state index is 0.660. The van der Waals surface area contributed by atoms with Gasteiger partial charge in [0.05, 0.1) is 15.6 Å². The van der Waals surface area contributed by atoms with Gasteiger partial charge in [-0.25, -0.2) is 4.98 Å². The third-order valence-electron chi connectivity index (χ3n) is 3.91. The van der Waals surface area contributed by atoms with Crippen LogP contribution in [0.4, 0.5) is 0 Å². The van der Waals surface area contributed by atoms with Crippen molar-refractivity contribution in [2.75, 3.05) is 0 Å². The summed E-state index contributed by atoms with van der Waals surface area (Å²) in [6, 6.07) is 11.6. The van der Waals surface area contributed by atoms with E-state index in [1.807, 2.05) is 60.3 Å². The lowest BCUT2D eigenvalue weighted by molar-refractivity contribution is 0.542. The Labute approximate surface area is 164 Å². The van der Waals surface area contributed by atoms with E-state index in [-0.39, 0.29) is 0 Å². The number of hydrogen-bond donors (Lipinski definition) is 0. The molecule has 0 unspecified atom stereocenters. The summed E-state index contributed by atoms with van der Waals surface area (Å²) in [5, 5.41) is 12.1. The lowest BCUT2D eigenvalue weighted by Crippen LogP contribution is -1.96. The zero-order valence-electron chi connectivity index (χ0n) is 14.1. The quantitative estimate of drug-likeness (QED) is 0.415. The topological polar surface area (TPSA) is 56.7 Å². The molecule has 26 heavy (non-hydrogen) atoms. The Bertz CT molecular complexity index is 1040. The van der Waals surface area contributed by atoms with Gasteiger partial charge in [-0.3, -0.25) is 0 Å². The van der Waals surface area contributed by atoms with Gasteiger partial charge >= 0.3 is 0 Å². The molecule has 4 aromatic rings. The Balaban J connectivity index is 1.54. The number of aromatic nitrogens is 4. The maximum Gasteiger partial charge on any atom is 0.236 e. The lowest BCUT2D eigenvalue weighted by atomic mass is 10.2. The van der Waals surface area contributed by atoms with Crippen LogP contribution in [0.25, 0.3) is 22.2 Å². The normalized spacial score (nSPS) is 11.2. The highest BCUT2D eigenvalue weighted by Gasteiger charge is 2.16. The van der Waals surface area contributed by atoms with E-state index in [0.29, 0.717) is 16.7 Å². The third-order valence-corrected chi connectivity index (χ3v) is 6.13. The van der Waals surface area contributed by atoms with Crippen LogP contribution >= 0.6 is 34.7 Å². The second-order valence-corrected chi connectivity index (χ2v) is 7.93. The number of nitrogens with zero attached hydrogens (tertiary/aromatic N) is 4. The van der Waals surface area contributed by atoms with E-state index in [9.17, 15) is 0 Å². The second kappa shape index (κ2) is 7.26. The zero-order chi connectivity index (χ0) is 18.1. The number of benzene rings is 1. The predicted octanol–water partition coefficient (Wildman–Crippen LogP) is 5.45. The molecule has 0 saturated heterocycles. The van der Waals surface area contributed by atoms with Crippen LogP contribution in [-0.2, 0) is 12.8 Å². The molecule has 1 aromatic carbocycles. The van der Waals surface area contributed by atoms with Gasteiger partial charge < -0.3 is 8.98 Å². The molecule has 0 atom stereocenters. The molecule has 0 amide bonds. The predicted molar refractivity (Wildman–Crippen MR) is 106 cm³/mol. The van der Waals surface area contributed by atoms with Crippen molar-refractivity contribution in [2.24, 2.45) is 7.05 Å². The van der Waals surface area contributed by atoms with Crippen molar-refractivity contribution in [3.63, 3.8) is 0 Å². The Morgan fingerprint density at radius 2 is 2.04 bits per heavy atom. The third kappa shape index (κ3) is 3.30. The first kappa shape index (κ1) is 17.3. The number of aryl methyl sites for hydroxylation is 1. The van der Waals surface area contributed by atoms with Crippen LogP contribution in [0.5, 0.6) is 0 Å². The Morgan fingerprint density at radius 1 is 1.19 bits per heavy atom. The molecule has 0 spiro atoms. The molecule has 0 fully saturated rings. The Kier molecular flexibility index (Phi) is 4.84. The SMILES string of the molecule is Cc1oc(-c2cccs2)nc1CSc1nnc(-c2ccccc2Cl)n1C. The molecule has 0 aliphatic rings. The molecule has 4 rings (SSSR count). The van der Waals surface area contributed by atoms with Crippen molar-refractivity contribution in [1.29, 1.82) is 0 Å². The van der Waals surface area contributed by atoms with Gasteiger partial charge in [0.2, 0.25) is 5.89 Å². The first-order chi connectivity index (χ1) is 12.6. The lowest BCUT2D eigenvalue weighted by Gasteiger charge is -2.04. The first-order valence-electron chi connectivity index (χ1n) is 7.90. The van der Waals surface area contributed by atoms with E-state index in [1.165, 1.54) is 0 Å². The van der Waals surface area contributed by atoms with Gasteiger partial charge in [0, 0.05) is 18.4 Å². The number of thioether (sulfide) groups is 1. The fourth-order valence-corrected chi connectivity index (χ4v) is 4.30. The van der Waals surface area contributed by atoms with E-state index >= 15 is 0 Å². The van der Waals surface area contributed by atoms with E-state index in [0.717, 1.165) is 32.9 Å². The average molecular weight is 403 g/mol. The maximum atomic E-state index is 6.28. The van der Waals surface area contributed by atoms with Crippen LogP contribution in [0, 0.1) is 6.92 Å². The van der Waals surface area contributed by atoms with E-state index in [2.05, 4.69) is 15.2 Å². The molecule has 3 aromatic heterocycles. The number of rotatable bonds is 5. The molecule has 0 saturated carbocycles. The van der Waals surface area contributed by atoms with Gasteiger partial charge in [-0.1, -0.05) is 41.6 Å². The fourth-order valence-electron chi connectivity index (χ4n) is 2.52. The summed E-state index contributed by atoms with van der Waals surface area (Å²) in [4.78, 5) is 5.65. The van der Waals surface area contributed by atoms with Gasteiger partial charge in [0.25, 0.3) is 0 Å². The highest BCUT2D eigenvalue weighted by atomic mass is 35.5. The summed E-state index contributed by atoms with van der Waals surface area (Å²) in [6.45, 7) is 1.94. The number of thiophene rings is 1. The van der Waals surface area contributed by atoms with E-state index < -0.39 is 0 Å². The monoisotopic (exact) mass is 402 g/mol. The molecule has 0 aliphatic carbocycles. The van der Waals surface area contributed by atoms with Gasteiger partial charge in [0.15, 0.2) is 11.0 Å². The number of oxazole rings is 1. The molecule has 0 aliphatic heterocycles. The smallest absolute Gasteiger partial charge is 0.236 e. The van der Waals surface area contributed by atoms with E-state index in [4.69, 9.17) is 16.0 Å². The summed E-state index contributed by atoms with van der Waals surface area (Å²) in [6.07, 6.45) is 0. The molecule has 8 heteroatoms. The highest BCUT2D eigenvalue weighted by Crippen LogP contribution is 2.31. The fraction of sp³-hybridized carbons (Fsp3) is 0.167. The Hall–Kier alpha value is -2.09. The standard InChI is InChI=1S/C18H15ClN4OS2/c1-11-14(20-17(24-11)15-8-5-9-25-15)10-26-18-22-21-16(23(18)2)12-6-3-4-7-13(12)19/h3-9H,10H2,1-2H3. The summed E-state index contributed by atoms with van der Waals surface area (Å²) < 4.78 is 7.74. The van der Waals surface area contributed by atoms with Crippen LogP contribution in [-0.4, -0.2) is 19.7 Å². The van der Waals surface area contributed by atoms with Crippen molar-refractivity contribution in [3.8, 4) is 22.2 Å². The van der Waals surface area contributed by atoms with Gasteiger partial charge in [0.1, 0.15) is 5.76 Å². The minimum Gasteiger partial charge on any atom is -0.440 e. The van der Waals surface area contributed by atoms with Gasteiger partial charge in [-0.2, -0.15) is 0 Å². The van der Waals surface area contributed by atoms with Gasteiger partial charge in [-0.15, -0.1) is 21.5 Å². The summed E-state index contributed by atoms with van der Waals surface area (Å²) >= 11 is 9.46. The molecule has 0 radical (unpaired) electrons. The van der Waals surface area contributed by atoms with Crippen LogP contribution in [0.15, 0.2) is 51.4 Å². The molecule has 5 nitrogen and oxygen atoms in total. The van der Waals surface area contributed by atoms with Crippen molar-refractivity contribution < 1.29 is 4.42 Å². The van der Waals surface area contributed by atoms with Crippen LogP contribution in [0.1, 0.15) is 11.5 Å². The average Bonchev–Trinajstić information content (AvgIpc) is 3.35. The molecular weight excluding hydrogens is 388 g/mol. The van der Waals surface area contributed by atoms with Crippen LogP contribution in [0.3, 0.4) is 0 Å². The van der Waals surface area contributed by atoms with Crippen LogP contribution < -0.4 is 0 Å². The number of hydrogen-bond acceptors (Lipinski definition) is 6. The summed E-state index contributed by atoms with van der Waals surface area (Å²) in [5.74, 6) is 2.90. The molecular formula is C18H15ClN4OS2. The summed E-state index contributed by atoms with van der Waals surface area (Å²) in [5.41, 5.74) is 1.79. The summed E-state index contributed by atoms with van der Waals surface area (Å²) in [7, 11) is 1.94. The maximum absolute atomic E-state index is 6.28. The number of halogens is 1. The molecule has 132 valence electrons. The van der Waals surface area contributed by atoms with Crippen LogP contribution in [0.2, 0.25) is 5.02 Å². The zero-order valence-corrected chi connectivity index (χ0v) is 16.5.